The number of amides is 2. The summed E-state index contributed by atoms with van der Waals surface area (Å²) < 4.78 is 19.4. The maximum Gasteiger partial charge on any atom is 0.251 e. The lowest BCUT2D eigenvalue weighted by molar-refractivity contribution is -0.142. The topological polar surface area (TPSA) is 111 Å². The van der Waals surface area contributed by atoms with E-state index in [-0.39, 0.29) is 35.2 Å². The highest BCUT2D eigenvalue weighted by molar-refractivity contribution is 6.38. The van der Waals surface area contributed by atoms with Crippen molar-refractivity contribution in [2.45, 2.75) is 38.1 Å². The molecule has 0 radical (unpaired) electrons. The number of para-hydroxylation sites is 1. The Labute approximate surface area is 237 Å². The summed E-state index contributed by atoms with van der Waals surface area (Å²) in [5.74, 6) is -1.03. The van der Waals surface area contributed by atoms with Crippen LogP contribution in [0.15, 0.2) is 41.3 Å². The molecule has 4 heterocycles. The molecule has 1 saturated heterocycles. The fraction of sp³-hybridized carbons (Fsp3) is 0.400. The highest BCUT2D eigenvalue weighted by atomic mass is 19.1. The Morgan fingerprint density at radius 1 is 1.20 bits per heavy atom. The summed E-state index contributed by atoms with van der Waals surface area (Å²) in [5.41, 5.74) is 4.73. The van der Waals surface area contributed by atoms with E-state index in [1.54, 1.807) is 30.2 Å². The van der Waals surface area contributed by atoms with Crippen molar-refractivity contribution >= 4 is 46.9 Å². The van der Waals surface area contributed by atoms with Crippen LogP contribution in [0.2, 0.25) is 0 Å². The molecule has 2 aliphatic rings. The quantitative estimate of drug-likeness (QED) is 0.351. The predicted octanol–water partition coefficient (Wildman–Crippen LogP) is 1.75. The molecular formula is C30H33BFN5O4. The predicted molar refractivity (Wildman–Crippen MR) is 156 cm³/mol. The van der Waals surface area contributed by atoms with Crippen LogP contribution in [0.4, 0.5) is 4.39 Å². The van der Waals surface area contributed by atoms with Crippen molar-refractivity contribution in [3.63, 3.8) is 0 Å². The normalized spacial score (nSPS) is 18.2. The second-order valence-corrected chi connectivity index (χ2v) is 11.3. The molecule has 1 atom stereocenters. The Morgan fingerprint density at radius 3 is 2.78 bits per heavy atom. The van der Waals surface area contributed by atoms with Gasteiger partial charge in [-0.25, -0.2) is 4.39 Å². The maximum atomic E-state index is 14.1. The minimum absolute atomic E-state index is 0.0215. The van der Waals surface area contributed by atoms with Crippen LogP contribution in [-0.2, 0) is 27.3 Å². The Balaban J connectivity index is 1.18. The third kappa shape index (κ3) is 5.14. The minimum atomic E-state index is -0.472. The van der Waals surface area contributed by atoms with E-state index in [9.17, 15) is 18.8 Å². The summed E-state index contributed by atoms with van der Waals surface area (Å²) in [6, 6.07) is 8.63. The fourth-order valence-electron chi connectivity index (χ4n) is 6.50. The number of pyridine rings is 1. The number of benzene rings is 2. The lowest BCUT2D eigenvalue weighted by Crippen LogP contribution is -2.42. The second-order valence-electron chi connectivity index (χ2n) is 11.3. The lowest BCUT2D eigenvalue weighted by atomic mass is 9.85. The fourth-order valence-corrected chi connectivity index (χ4v) is 6.50. The summed E-state index contributed by atoms with van der Waals surface area (Å²) in [6.45, 7) is 2.32. The van der Waals surface area contributed by atoms with Gasteiger partial charge in [0.15, 0.2) is 0 Å². The molecule has 2 aliphatic heterocycles. The average molecular weight is 557 g/mol. The number of hydrogen-bond acceptors (Lipinski definition) is 5. The summed E-state index contributed by atoms with van der Waals surface area (Å²) in [5, 5.41) is 8.97. The van der Waals surface area contributed by atoms with E-state index in [4.69, 9.17) is 4.74 Å². The number of carbonyl (C=O) groups is 2. The number of ether oxygens (including phenoxy) is 1. The van der Waals surface area contributed by atoms with Gasteiger partial charge >= 0.3 is 0 Å². The number of halogens is 1. The zero-order chi connectivity index (χ0) is 28.7. The molecule has 4 aromatic rings. The van der Waals surface area contributed by atoms with Gasteiger partial charge < -0.3 is 19.5 Å². The van der Waals surface area contributed by atoms with Crippen LogP contribution in [-0.4, -0.2) is 78.0 Å². The van der Waals surface area contributed by atoms with Crippen molar-refractivity contribution in [2.75, 3.05) is 33.4 Å². The molecule has 2 amide bonds. The van der Waals surface area contributed by atoms with E-state index >= 15 is 0 Å². The summed E-state index contributed by atoms with van der Waals surface area (Å²) in [7, 11) is 3.64. The van der Waals surface area contributed by atoms with Gasteiger partial charge in [0, 0.05) is 56.0 Å². The molecule has 0 saturated carbocycles. The van der Waals surface area contributed by atoms with Crippen LogP contribution in [0.5, 0.6) is 0 Å². The van der Waals surface area contributed by atoms with Crippen LogP contribution in [0.1, 0.15) is 41.9 Å². The third-order valence-corrected chi connectivity index (χ3v) is 8.74. The zero-order valence-corrected chi connectivity index (χ0v) is 23.3. The molecule has 2 N–H and O–H groups in total. The first-order chi connectivity index (χ1) is 19.8. The smallest absolute Gasteiger partial charge is 0.251 e. The van der Waals surface area contributed by atoms with E-state index in [1.165, 1.54) is 6.07 Å². The third-order valence-electron chi connectivity index (χ3n) is 8.74. The molecular weight excluding hydrogens is 524 g/mol. The molecule has 2 aromatic heterocycles. The first-order valence-electron chi connectivity index (χ1n) is 14.2. The number of aromatic nitrogens is 3. The number of likely N-dealkylation sites (tertiary alicyclic amines) is 1. The monoisotopic (exact) mass is 557 g/mol. The van der Waals surface area contributed by atoms with E-state index in [0.29, 0.717) is 63.0 Å². The van der Waals surface area contributed by atoms with Gasteiger partial charge in [0.2, 0.25) is 11.8 Å². The minimum Gasteiger partial charge on any atom is -0.383 e. The molecule has 1 fully saturated rings. The van der Waals surface area contributed by atoms with Crippen molar-refractivity contribution in [1.82, 2.24) is 25.0 Å². The molecule has 11 heteroatoms. The van der Waals surface area contributed by atoms with Crippen LogP contribution >= 0.6 is 0 Å². The number of piperidine rings is 1. The Hall–Kier alpha value is -3.99. The average Bonchev–Trinajstić information content (AvgIpc) is 3.43. The van der Waals surface area contributed by atoms with Gasteiger partial charge in [-0.05, 0) is 48.4 Å². The number of fused-ring (bicyclic) bond motifs is 4. The van der Waals surface area contributed by atoms with E-state index in [0.717, 1.165) is 27.5 Å². The number of nitrogens with zero attached hydrogens (tertiary/aromatic N) is 3. The summed E-state index contributed by atoms with van der Waals surface area (Å²) in [4.78, 5) is 46.3. The molecule has 6 rings (SSSR count). The molecule has 0 spiro atoms. The highest BCUT2D eigenvalue weighted by Crippen LogP contribution is 2.31. The van der Waals surface area contributed by atoms with Crippen molar-refractivity contribution in [2.24, 2.45) is 5.92 Å². The maximum absolute atomic E-state index is 14.1. The van der Waals surface area contributed by atoms with Gasteiger partial charge in [-0.2, -0.15) is 5.10 Å². The van der Waals surface area contributed by atoms with Crippen LogP contribution < -0.4 is 11.0 Å². The van der Waals surface area contributed by atoms with Gasteiger partial charge in [0.05, 0.1) is 29.8 Å². The van der Waals surface area contributed by atoms with Crippen LogP contribution in [0.25, 0.3) is 21.8 Å². The summed E-state index contributed by atoms with van der Waals surface area (Å²) in [6.07, 6.45) is 3.70. The van der Waals surface area contributed by atoms with Crippen molar-refractivity contribution < 1.29 is 18.7 Å². The van der Waals surface area contributed by atoms with E-state index in [1.807, 2.05) is 18.9 Å². The first kappa shape index (κ1) is 27.2. The van der Waals surface area contributed by atoms with Crippen LogP contribution in [0, 0.1) is 11.7 Å². The SMILES string of the molecule is Bc1cc2c(c3cn[nH]c13)CN(CCOC)C(=O)[C@H](CC(=O)N1CCC(c3cc4cccc(F)c4[nH]c3=O)CC1)C2. The van der Waals surface area contributed by atoms with Gasteiger partial charge in [-0.3, -0.25) is 19.5 Å². The Morgan fingerprint density at radius 2 is 2.00 bits per heavy atom. The number of carbonyl (C=O) groups excluding carboxylic acids is 2. The molecule has 0 aliphatic carbocycles. The molecule has 9 nitrogen and oxygen atoms in total. The molecule has 0 bridgehead atoms. The van der Waals surface area contributed by atoms with Gasteiger partial charge in [-0.1, -0.05) is 23.7 Å². The van der Waals surface area contributed by atoms with Crippen molar-refractivity contribution in [1.29, 1.82) is 0 Å². The first-order valence-corrected chi connectivity index (χ1v) is 14.2. The van der Waals surface area contributed by atoms with Gasteiger partial charge in [0.25, 0.3) is 5.56 Å². The van der Waals surface area contributed by atoms with Crippen molar-refractivity contribution in [3.05, 3.63) is 69.4 Å². The number of methoxy groups -OCH3 is 1. The largest absolute Gasteiger partial charge is 0.383 e. The Bertz CT molecular complexity index is 1690. The zero-order valence-electron chi connectivity index (χ0n) is 23.3. The van der Waals surface area contributed by atoms with Gasteiger partial charge in [-0.15, -0.1) is 0 Å². The van der Waals surface area contributed by atoms with Crippen molar-refractivity contribution in [3.8, 4) is 0 Å². The molecule has 212 valence electrons. The number of aromatic amines is 2. The summed E-state index contributed by atoms with van der Waals surface area (Å²) >= 11 is 0. The van der Waals surface area contributed by atoms with E-state index < -0.39 is 11.7 Å². The standard InChI is InChI=1S/C30H33BFN5O4/c1-41-10-9-37-16-23-19(13-24(31)28-22(23)15-33-35-28)11-20(30(37)40)14-26(38)36-7-5-17(6-8-36)21-12-18-3-2-4-25(32)27(18)34-29(21)39/h2-4,12-13,15,17,20H,5-11,14,16,31H2,1H3,(H,33,35)(H,34,39)/t20-/m0/s1. The lowest BCUT2D eigenvalue weighted by Gasteiger charge is -2.33. The number of rotatable bonds is 6. The van der Waals surface area contributed by atoms with Gasteiger partial charge in [0.1, 0.15) is 13.7 Å². The molecule has 41 heavy (non-hydrogen) atoms. The number of nitrogens with one attached hydrogen (secondary N) is 2. The molecule has 2 aromatic carbocycles. The van der Waals surface area contributed by atoms with E-state index in [2.05, 4.69) is 21.2 Å². The van der Waals surface area contributed by atoms with Crippen LogP contribution in [0.3, 0.4) is 0 Å². The Kier molecular flexibility index (Phi) is 7.38. The highest BCUT2D eigenvalue weighted by Gasteiger charge is 2.34. The number of H-pyrrole nitrogens is 2. The second kappa shape index (κ2) is 11.1. The number of hydrogen-bond donors (Lipinski definition) is 2. The molecule has 0 unspecified atom stereocenters.